The van der Waals surface area contributed by atoms with Gasteiger partial charge >= 0.3 is 0 Å². The van der Waals surface area contributed by atoms with Gasteiger partial charge in [0.05, 0.1) is 7.11 Å². The van der Waals surface area contributed by atoms with Crippen LogP contribution in [-0.4, -0.2) is 43.7 Å². The van der Waals surface area contributed by atoms with Crippen LogP contribution in [0.2, 0.25) is 0 Å². The maximum absolute atomic E-state index is 5.12. The quantitative estimate of drug-likeness (QED) is 0.587. The van der Waals surface area contributed by atoms with E-state index in [0.717, 1.165) is 56.2 Å². The molecule has 144 valence electrons. The molecule has 5 heteroatoms. The van der Waals surface area contributed by atoms with Crippen molar-refractivity contribution in [3.8, 4) is 0 Å². The highest BCUT2D eigenvalue weighted by Gasteiger charge is 2.20. The van der Waals surface area contributed by atoms with Crippen LogP contribution in [-0.2, 0) is 4.84 Å². The molecule has 0 spiro atoms. The summed E-state index contributed by atoms with van der Waals surface area (Å²) >= 11 is 0. The van der Waals surface area contributed by atoms with Gasteiger partial charge in [0.1, 0.15) is 0 Å². The predicted octanol–water partition coefficient (Wildman–Crippen LogP) is 3.80. The van der Waals surface area contributed by atoms with Gasteiger partial charge in [-0.1, -0.05) is 26.5 Å². The van der Waals surface area contributed by atoms with E-state index in [-0.39, 0.29) is 0 Å². The lowest BCUT2D eigenvalue weighted by molar-refractivity contribution is 0.114. The minimum Gasteiger partial charge on any atom is -0.302 e. The number of likely N-dealkylation sites (N-methyl/N-ethyl adjacent to an activating group) is 1. The van der Waals surface area contributed by atoms with Gasteiger partial charge in [-0.05, 0) is 58.2 Å². The minimum absolute atomic E-state index is 0.732. The minimum atomic E-state index is 0.732. The fourth-order valence-corrected chi connectivity index (χ4v) is 2.98. The number of hydrogen-bond acceptors (Lipinski definition) is 5. The number of rotatable bonds is 10. The molecule has 0 aromatic carbocycles. The Morgan fingerprint density at radius 2 is 2.20 bits per heavy atom. The van der Waals surface area contributed by atoms with Crippen molar-refractivity contribution in [1.82, 2.24) is 20.8 Å². The Labute approximate surface area is 154 Å². The molecule has 0 saturated carbocycles. The fraction of sp³-hybridized carbons (Fsp3) is 0.700. The third-order valence-corrected chi connectivity index (χ3v) is 4.53. The molecular weight excluding hydrogens is 312 g/mol. The maximum atomic E-state index is 5.12. The van der Waals surface area contributed by atoms with E-state index in [1.165, 1.54) is 17.7 Å². The molecule has 0 aliphatic carbocycles. The summed E-state index contributed by atoms with van der Waals surface area (Å²) in [4.78, 5) is 7.53. The predicted molar refractivity (Wildman–Crippen MR) is 106 cm³/mol. The van der Waals surface area contributed by atoms with Crippen LogP contribution >= 0.6 is 0 Å². The zero-order valence-electron chi connectivity index (χ0n) is 17.1. The second kappa shape index (κ2) is 11.3. The van der Waals surface area contributed by atoms with E-state index in [0.29, 0.717) is 0 Å². The third-order valence-electron chi connectivity index (χ3n) is 4.53. The van der Waals surface area contributed by atoms with Crippen LogP contribution in [0.4, 0.5) is 0 Å². The molecule has 1 rings (SSSR count). The zero-order valence-corrected chi connectivity index (χ0v) is 17.1. The molecular formula is C20H38N4O. The summed E-state index contributed by atoms with van der Waals surface area (Å²) in [5, 5.41) is 2.19. The van der Waals surface area contributed by atoms with Crippen LogP contribution in [0.5, 0.6) is 0 Å². The first kappa shape index (κ1) is 21.7. The molecule has 0 aromatic rings. The van der Waals surface area contributed by atoms with Crippen molar-refractivity contribution in [3.63, 3.8) is 0 Å². The zero-order chi connectivity index (χ0) is 18.8. The molecule has 0 unspecified atom stereocenters. The molecule has 5 nitrogen and oxygen atoms in total. The Morgan fingerprint density at radius 1 is 1.48 bits per heavy atom. The van der Waals surface area contributed by atoms with Crippen LogP contribution in [0.3, 0.4) is 0 Å². The van der Waals surface area contributed by atoms with E-state index in [9.17, 15) is 0 Å². The maximum Gasteiger partial charge on any atom is 0.0636 e. The largest absolute Gasteiger partial charge is 0.302 e. The molecule has 25 heavy (non-hydrogen) atoms. The van der Waals surface area contributed by atoms with Gasteiger partial charge in [0.2, 0.25) is 0 Å². The Balaban J connectivity index is 2.95. The van der Waals surface area contributed by atoms with Gasteiger partial charge in [0.15, 0.2) is 0 Å². The number of hydrazine groups is 1. The summed E-state index contributed by atoms with van der Waals surface area (Å²) in [5.74, 6) is 0.732. The van der Waals surface area contributed by atoms with Crippen molar-refractivity contribution in [1.29, 1.82) is 0 Å². The lowest BCUT2D eigenvalue weighted by Crippen LogP contribution is -2.42. The lowest BCUT2D eigenvalue weighted by Gasteiger charge is -2.36. The average Bonchev–Trinajstić information content (AvgIpc) is 2.57. The number of nitrogens with one attached hydrogen (secondary N) is 2. The molecule has 0 atom stereocenters. The molecule has 0 aromatic heterocycles. The molecule has 0 bridgehead atoms. The van der Waals surface area contributed by atoms with Gasteiger partial charge in [-0.3, -0.25) is 15.3 Å². The van der Waals surface area contributed by atoms with Gasteiger partial charge in [0, 0.05) is 36.6 Å². The third kappa shape index (κ3) is 7.63. The number of nitrogens with zero attached hydrogens (tertiary/aromatic N) is 2. The van der Waals surface area contributed by atoms with E-state index in [1.54, 1.807) is 7.11 Å². The van der Waals surface area contributed by atoms with Gasteiger partial charge in [-0.2, -0.15) is 0 Å². The number of hydroxylamine groups is 1. The van der Waals surface area contributed by atoms with E-state index in [4.69, 9.17) is 4.84 Å². The molecule has 0 radical (unpaired) electrons. The first-order valence-electron chi connectivity index (χ1n) is 9.41. The highest BCUT2D eigenvalue weighted by molar-refractivity contribution is 5.23. The van der Waals surface area contributed by atoms with Crippen LogP contribution in [0.15, 0.2) is 35.3 Å². The highest BCUT2D eigenvalue weighted by atomic mass is 16.6. The van der Waals surface area contributed by atoms with Gasteiger partial charge in [-0.15, -0.1) is 0 Å². The topological polar surface area (TPSA) is 39.8 Å². The van der Waals surface area contributed by atoms with Crippen LogP contribution in [0.1, 0.15) is 53.4 Å². The second-order valence-electron chi connectivity index (χ2n) is 7.36. The van der Waals surface area contributed by atoms with Crippen molar-refractivity contribution < 1.29 is 4.84 Å². The standard InChI is InChI=1S/C20H38N4O/c1-8-19(22-25-7)14-20(24-18(5)10-9-12-21-24)17(4)15-23(6)13-11-16(2)3/h8,16,21-22H,5,9-15H2,1-4,6-7H3/b19-8-,20-17+. The Morgan fingerprint density at radius 3 is 2.76 bits per heavy atom. The van der Waals surface area contributed by atoms with Crippen LogP contribution < -0.4 is 10.9 Å². The first-order chi connectivity index (χ1) is 11.9. The molecule has 1 saturated heterocycles. The van der Waals surface area contributed by atoms with Crippen molar-refractivity contribution in [2.24, 2.45) is 5.92 Å². The molecule has 2 N–H and O–H groups in total. The lowest BCUT2D eigenvalue weighted by atomic mass is 10.1. The Bertz CT molecular complexity index is 482. The van der Waals surface area contributed by atoms with E-state index < -0.39 is 0 Å². The van der Waals surface area contributed by atoms with E-state index >= 15 is 0 Å². The SMILES string of the molecule is C=C1CCCNN1/C(C/C(=C/C)NOC)=C(\C)CN(C)CCC(C)C. The summed E-state index contributed by atoms with van der Waals surface area (Å²) in [5.41, 5.74) is 11.3. The fourth-order valence-electron chi connectivity index (χ4n) is 2.98. The van der Waals surface area contributed by atoms with E-state index in [2.05, 4.69) is 61.3 Å². The number of hydrogen-bond donors (Lipinski definition) is 2. The van der Waals surface area contributed by atoms with E-state index in [1.807, 2.05) is 6.92 Å². The van der Waals surface area contributed by atoms with Crippen molar-refractivity contribution in [2.45, 2.75) is 53.4 Å². The molecule has 0 amide bonds. The first-order valence-corrected chi connectivity index (χ1v) is 9.41. The normalized spacial score (nSPS) is 17.4. The molecule has 1 fully saturated rings. The van der Waals surface area contributed by atoms with Gasteiger partial charge in [-0.25, -0.2) is 5.43 Å². The molecule has 1 heterocycles. The molecule has 1 aliphatic heterocycles. The van der Waals surface area contributed by atoms with Crippen molar-refractivity contribution in [2.75, 3.05) is 33.8 Å². The summed E-state index contributed by atoms with van der Waals surface area (Å²) in [6.07, 6.45) is 6.25. The summed E-state index contributed by atoms with van der Waals surface area (Å²) in [6, 6.07) is 0. The van der Waals surface area contributed by atoms with Gasteiger partial charge < -0.3 is 4.90 Å². The molecule has 1 aliphatic rings. The number of allylic oxidation sites excluding steroid dienone is 2. The van der Waals surface area contributed by atoms with Gasteiger partial charge in [0.25, 0.3) is 0 Å². The highest BCUT2D eigenvalue weighted by Crippen LogP contribution is 2.25. The Kier molecular flexibility index (Phi) is 9.86. The second-order valence-corrected chi connectivity index (χ2v) is 7.36. The Hall–Kier alpha value is -1.30. The van der Waals surface area contributed by atoms with Crippen molar-refractivity contribution in [3.05, 3.63) is 35.3 Å². The monoisotopic (exact) mass is 350 g/mol. The smallest absolute Gasteiger partial charge is 0.0636 e. The summed E-state index contributed by atoms with van der Waals surface area (Å²) < 4.78 is 0. The van der Waals surface area contributed by atoms with Crippen LogP contribution in [0, 0.1) is 5.92 Å². The summed E-state index contributed by atoms with van der Waals surface area (Å²) in [7, 11) is 3.85. The average molecular weight is 351 g/mol. The van der Waals surface area contributed by atoms with Crippen molar-refractivity contribution >= 4 is 0 Å². The van der Waals surface area contributed by atoms with Crippen LogP contribution in [0.25, 0.3) is 0 Å². The summed E-state index contributed by atoms with van der Waals surface area (Å²) in [6.45, 7) is 16.1.